The highest BCUT2D eigenvalue weighted by molar-refractivity contribution is 9.10. The van der Waals surface area contributed by atoms with Crippen LogP contribution < -0.4 is 5.32 Å². The molecule has 2 rings (SSSR count). The molecular weight excluding hydrogens is 266 g/mol. The van der Waals surface area contributed by atoms with Gasteiger partial charge in [0.05, 0.1) is 12.6 Å². The zero-order valence-electron chi connectivity index (χ0n) is 9.57. The summed E-state index contributed by atoms with van der Waals surface area (Å²) in [5.74, 6) is 1.08. The number of amidine groups is 1. The van der Waals surface area contributed by atoms with Gasteiger partial charge >= 0.3 is 0 Å². The molecule has 0 aliphatic carbocycles. The van der Waals surface area contributed by atoms with E-state index >= 15 is 0 Å². The van der Waals surface area contributed by atoms with Gasteiger partial charge in [-0.1, -0.05) is 28.1 Å². The van der Waals surface area contributed by atoms with E-state index < -0.39 is 0 Å². The predicted molar refractivity (Wildman–Crippen MR) is 70.9 cm³/mol. The lowest BCUT2D eigenvalue weighted by Crippen LogP contribution is -2.34. The Labute approximate surface area is 105 Å². The Balaban J connectivity index is 2.28. The molecule has 0 saturated carbocycles. The van der Waals surface area contributed by atoms with Crippen LogP contribution in [-0.4, -0.2) is 37.9 Å². The van der Waals surface area contributed by atoms with Crippen molar-refractivity contribution in [2.75, 3.05) is 27.2 Å². The van der Waals surface area contributed by atoms with Crippen molar-refractivity contribution in [1.29, 1.82) is 0 Å². The van der Waals surface area contributed by atoms with Crippen LogP contribution in [0.3, 0.4) is 0 Å². The number of hydrogen-bond acceptors (Lipinski definition) is 3. The standard InChI is InChI=1S/C12H16BrN3/c1-16(2)11(12-14-7-8-15-12)9-3-5-10(13)6-4-9/h3-6,11H,7-8H2,1-2H3,(H,14,15). The molecule has 1 aromatic rings. The summed E-state index contributed by atoms with van der Waals surface area (Å²) in [6, 6.07) is 8.65. The maximum atomic E-state index is 4.51. The van der Waals surface area contributed by atoms with E-state index in [4.69, 9.17) is 0 Å². The second-order valence-corrected chi connectivity index (χ2v) is 5.03. The first kappa shape index (κ1) is 11.6. The van der Waals surface area contributed by atoms with Crippen LogP contribution in [0.1, 0.15) is 11.6 Å². The number of benzene rings is 1. The third kappa shape index (κ3) is 2.44. The third-order valence-corrected chi connectivity index (χ3v) is 3.19. The Bertz CT molecular complexity index is 384. The van der Waals surface area contributed by atoms with Gasteiger partial charge in [-0.25, -0.2) is 0 Å². The van der Waals surface area contributed by atoms with E-state index in [-0.39, 0.29) is 6.04 Å². The van der Waals surface area contributed by atoms with E-state index in [1.807, 2.05) is 0 Å². The topological polar surface area (TPSA) is 27.6 Å². The first-order valence-corrected chi connectivity index (χ1v) is 6.18. The quantitative estimate of drug-likeness (QED) is 0.919. The molecule has 0 saturated heterocycles. The van der Waals surface area contributed by atoms with Crippen molar-refractivity contribution in [2.45, 2.75) is 6.04 Å². The fraction of sp³-hybridized carbons (Fsp3) is 0.417. The Kier molecular flexibility index (Phi) is 3.61. The molecule has 0 radical (unpaired) electrons. The second kappa shape index (κ2) is 4.97. The number of halogens is 1. The van der Waals surface area contributed by atoms with Crippen molar-refractivity contribution < 1.29 is 0 Å². The van der Waals surface area contributed by atoms with Gasteiger partial charge in [0.25, 0.3) is 0 Å². The minimum Gasteiger partial charge on any atom is -0.370 e. The third-order valence-electron chi connectivity index (χ3n) is 2.66. The van der Waals surface area contributed by atoms with Gasteiger partial charge in [0.1, 0.15) is 5.84 Å². The van der Waals surface area contributed by atoms with Crippen LogP contribution in [0.15, 0.2) is 33.7 Å². The highest BCUT2D eigenvalue weighted by Gasteiger charge is 2.22. The lowest BCUT2D eigenvalue weighted by atomic mass is 10.1. The summed E-state index contributed by atoms with van der Waals surface area (Å²) in [6.07, 6.45) is 0. The monoisotopic (exact) mass is 281 g/mol. The van der Waals surface area contributed by atoms with Gasteiger partial charge in [0.2, 0.25) is 0 Å². The van der Waals surface area contributed by atoms with E-state index in [1.54, 1.807) is 0 Å². The summed E-state index contributed by atoms with van der Waals surface area (Å²) >= 11 is 3.46. The van der Waals surface area contributed by atoms with Crippen LogP contribution >= 0.6 is 15.9 Å². The van der Waals surface area contributed by atoms with E-state index in [9.17, 15) is 0 Å². The summed E-state index contributed by atoms with van der Waals surface area (Å²) in [7, 11) is 4.16. The van der Waals surface area contributed by atoms with Gasteiger partial charge in [-0.3, -0.25) is 9.89 Å². The van der Waals surface area contributed by atoms with Gasteiger partial charge in [0, 0.05) is 11.0 Å². The predicted octanol–water partition coefficient (Wildman–Crippen LogP) is 2.05. The number of hydrogen-bond donors (Lipinski definition) is 1. The molecular formula is C12H16BrN3. The number of rotatable bonds is 3. The first-order chi connectivity index (χ1) is 7.68. The normalized spacial score (nSPS) is 17.1. The summed E-state index contributed by atoms with van der Waals surface area (Å²) in [5, 5.41) is 3.35. The van der Waals surface area contributed by atoms with Gasteiger partial charge in [-0.2, -0.15) is 0 Å². The average molecular weight is 282 g/mol. The van der Waals surface area contributed by atoms with Crippen molar-refractivity contribution in [3.05, 3.63) is 34.3 Å². The van der Waals surface area contributed by atoms with E-state index in [0.29, 0.717) is 0 Å². The highest BCUT2D eigenvalue weighted by Crippen LogP contribution is 2.22. The van der Waals surface area contributed by atoms with Crippen LogP contribution in [0, 0.1) is 0 Å². The average Bonchev–Trinajstić information content (AvgIpc) is 2.74. The molecule has 0 bridgehead atoms. The Hall–Kier alpha value is -0.870. The summed E-state index contributed by atoms with van der Waals surface area (Å²) in [6.45, 7) is 1.84. The zero-order valence-corrected chi connectivity index (χ0v) is 11.2. The molecule has 1 heterocycles. The largest absolute Gasteiger partial charge is 0.370 e. The van der Waals surface area contributed by atoms with Crippen molar-refractivity contribution >= 4 is 21.8 Å². The Morgan fingerprint density at radius 2 is 2.00 bits per heavy atom. The maximum Gasteiger partial charge on any atom is 0.119 e. The molecule has 1 atom stereocenters. The van der Waals surface area contributed by atoms with Crippen LogP contribution in [0.4, 0.5) is 0 Å². The number of nitrogens with zero attached hydrogens (tertiary/aromatic N) is 2. The smallest absolute Gasteiger partial charge is 0.119 e. The summed E-state index contributed by atoms with van der Waals surface area (Å²) < 4.78 is 1.11. The number of nitrogens with one attached hydrogen (secondary N) is 1. The van der Waals surface area contributed by atoms with E-state index in [2.05, 4.69) is 69.5 Å². The molecule has 16 heavy (non-hydrogen) atoms. The lowest BCUT2D eigenvalue weighted by Gasteiger charge is -2.25. The minimum atomic E-state index is 0.232. The van der Waals surface area contributed by atoms with Crippen LogP contribution in [-0.2, 0) is 0 Å². The molecule has 0 spiro atoms. The van der Waals surface area contributed by atoms with Crippen molar-refractivity contribution in [3.63, 3.8) is 0 Å². The van der Waals surface area contributed by atoms with Crippen molar-refractivity contribution in [1.82, 2.24) is 10.2 Å². The molecule has 4 heteroatoms. The summed E-state index contributed by atoms with van der Waals surface area (Å²) in [4.78, 5) is 6.69. The lowest BCUT2D eigenvalue weighted by molar-refractivity contribution is 0.365. The maximum absolute atomic E-state index is 4.51. The molecule has 86 valence electrons. The fourth-order valence-electron chi connectivity index (χ4n) is 1.95. The molecule has 1 aliphatic heterocycles. The Morgan fingerprint density at radius 1 is 1.31 bits per heavy atom. The Morgan fingerprint density at radius 3 is 2.50 bits per heavy atom. The van der Waals surface area contributed by atoms with Gasteiger partial charge in [-0.05, 0) is 31.8 Å². The van der Waals surface area contributed by atoms with Gasteiger partial charge in [0.15, 0.2) is 0 Å². The SMILES string of the molecule is CN(C)C(C1=NCCN1)c1ccc(Br)cc1. The molecule has 0 aromatic heterocycles. The first-order valence-electron chi connectivity index (χ1n) is 5.38. The minimum absolute atomic E-state index is 0.232. The van der Waals surface area contributed by atoms with Crippen LogP contribution in [0.5, 0.6) is 0 Å². The van der Waals surface area contributed by atoms with E-state index in [1.165, 1.54) is 5.56 Å². The zero-order chi connectivity index (χ0) is 11.5. The molecule has 1 aliphatic rings. The summed E-state index contributed by atoms with van der Waals surface area (Å²) in [5.41, 5.74) is 1.27. The molecule has 1 N–H and O–H groups in total. The molecule has 0 amide bonds. The second-order valence-electron chi connectivity index (χ2n) is 4.11. The molecule has 3 nitrogen and oxygen atoms in total. The van der Waals surface area contributed by atoms with Crippen LogP contribution in [0.2, 0.25) is 0 Å². The molecule has 1 unspecified atom stereocenters. The number of aliphatic imine (C=N–C) groups is 1. The van der Waals surface area contributed by atoms with Gasteiger partial charge < -0.3 is 5.32 Å². The van der Waals surface area contributed by atoms with E-state index in [0.717, 1.165) is 23.4 Å². The fourth-order valence-corrected chi connectivity index (χ4v) is 2.21. The molecule has 1 aromatic carbocycles. The highest BCUT2D eigenvalue weighted by atomic mass is 79.9. The van der Waals surface area contributed by atoms with Crippen molar-refractivity contribution in [2.24, 2.45) is 4.99 Å². The van der Waals surface area contributed by atoms with Gasteiger partial charge in [-0.15, -0.1) is 0 Å². The van der Waals surface area contributed by atoms with Crippen molar-refractivity contribution in [3.8, 4) is 0 Å². The number of likely N-dealkylation sites (N-methyl/N-ethyl adjacent to an activating group) is 1. The molecule has 0 fully saturated rings. The van der Waals surface area contributed by atoms with Crippen LogP contribution in [0.25, 0.3) is 0 Å².